The lowest BCUT2D eigenvalue weighted by Gasteiger charge is -2.27. The average Bonchev–Trinajstić information content (AvgIpc) is 2.02. The lowest BCUT2D eigenvalue weighted by molar-refractivity contribution is -0.117. The van der Waals surface area contributed by atoms with Gasteiger partial charge in [0.2, 0.25) is 0 Å². The van der Waals surface area contributed by atoms with Crippen molar-refractivity contribution >= 4 is 15.6 Å². The predicted molar refractivity (Wildman–Crippen MR) is 54.3 cm³/mol. The molecule has 1 fully saturated rings. The molecule has 1 heterocycles. The van der Waals surface area contributed by atoms with Crippen molar-refractivity contribution in [2.24, 2.45) is 5.92 Å². The Kier molecular flexibility index (Phi) is 3.66. The molecule has 1 rings (SSSR count). The Morgan fingerprint density at radius 2 is 1.93 bits per heavy atom. The van der Waals surface area contributed by atoms with Gasteiger partial charge in [0.1, 0.15) is 11.0 Å². The van der Waals surface area contributed by atoms with Gasteiger partial charge in [-0.25, -0.2) is 8.42 Å². The topological polar surface area (TPSA) is 63.2 Å². The summed E-state index contributed by atoms with van der Waals surface area (Å²) < 4.78 is 22.6. The van der Waals surface area contributed by atoms with E-state index in [-0.39, 0.29) is 11.7 Å². The first-order valence-electron chi connectivity index (χ1n) is 4.71. The highest BCUT2D eigenvalue weighted by molar-refractivity contribution is 7.93. The van der Waals surface area contributed by atoms with Crippen LogP contribution in [0.2, 0.25) is 0 Å². The van der Waals surface area contributed by atoms with E-state index in [9.17, 15) is 13.2 Å². The molecule has 5 heteroatoms. The van der Waals surface area contributed by atoms with Crippen LogP contribution in [0.1, 0.15) is 19.8 Å². The minimum absolute atomic E-state index is 0.0590. The van der Waals surface area contributed by atoms with Gasteiger partial charge in [-0.1, -0.05) is 0 Å². The van der Waals surface area contributed by atoms with Crippen LogP contribution in [0.4, 0.5) is 0 Å². The molecule has 0 bridgehead atoms. The highest BCUT2D eigenvalue weighted by Gasteiger charge is 2.34. The number of Topliss-reactive ketones (excluding diaryl/α,β-unsaturated/α-hetero) is 1. The first-order valence-corrected chi connectivity index (χ1v) is 6.42. The van der Waals surface area contributed by atoms with Gasteiger partial charge < -0.3 is 5.32 Å². The normalized spacial score (nSPS) is 21.9. The summed E-state index contributed by atoms with van der Waals surface area (Å²) >= 11 is 0. The van der Waals surface area contributed by atoms with Gasteiger partial charge in [0.15, 0.2) is 9.84 Å². The molecule has 1 saturated heterocycles. The fourth-order valence-electron chi connectivity index (χ4n) is 2.03. The number of ketones is 1. The minimum atomic E-state index is -3.49. The van der Waals surface area contributed by atoms with E-state index in [1.165, 1.54) is 6.92 Å². The Balaban J connectivity index is 2.82. The van der Waals surface area contributed by atoms with Crippen LogP contribution in [0, 0.1) is 12.2 Å². The molecular weight excluding hydrogens is 202 g/mol. The van der Waals surface area contributed by atoms with Gasteiger partial charge in [0.05, 0.1) is 6.26 Å². The lowest BCUT2D eigenvalue weighted by Crippen LogP contribution is -2.40. The van der Waals surface area contributed by atoms with E-state index in [0.29, 0.717) is 0 Å². The van der Waals surface area contributed by atoms with E-state index in [1.807, 2.05) is 0 Å². The summed E-state index contributed by atoms with van der Waals surface area (Å²) in [5.41, 5.74) is 0. The summed E-state index contributed by atoms with van der Waals surface area (Å²) in [6, 6.07) is 0. The molecule has 0 aromatic carbocycles. The van der Waals surface area contributed by atoms with Crippen LogP contribution in [0.25, 0.3) is 0 Å². The Labute approximate surface area is 85.0 Å². The summed E-state index contributed by atoms with van der Waals surface area (Å²) in [6.07, 6.45) is 4.57. The minimum Gasteiger partial charge on any atom is -0.317 e. The van der Waals surface area contributed by atoms with Crippen LogP contribution in [-0.2, 0) is 14.6 Å². The first kappa shape index (κ1) is 11.7. The fraction of sp³-hybridized carbons (Fsp3) is 0.778. The zero-order valence-electron chi connectivity index (χ0n) is 8.32. The van der Waals surface area contributed by atoms with Gasteiger partial charge in [-0.2, -0.15) is 0 Å². The van der Waals surface area contributed by atoms with Gasteiger partial charge in [-0.05, 0) is 38.8 Å². The van der Waals surface area contributed by atoms with Crippen molar-refractivity contribution in [2.45, 2.75) is 25.0 Å². The molecule has 81 valence electrons. The van der Waals surface area contributed by atoms with Crippen molar-refractivity contribution in [1.29, 1.82) is 0 Å². The SMILES string of the molecule is [CH2]S(=O)(=O)C(C(C)=O)C1CCNCC1. The lowest BCUT2D eigenvalue weighted by atomic mass is 9.92. The third-order valence-corrected chi connectivity index (χ3v) is 4.09. The highest BCUT2D eigenvalue weighted by atomic mass is 32.2. The van der Waals surface area contributed by atoms with Crippen LogP contribution >= 0.6 is 0 Å². The number of piperidine rings is 1. The molecule has 14 heavy (non-hydrogen) atoms. The van der Waals surface area contributed by atoms with Crippen molar-refractivity contribution in [3.8, 4) is 0 Å². The Hall–Kier alpha value is -0.420. The van der Waals surface area contributed by atoms with Gasteiger partial charge in [-0.3, -0.25) is 4.79 Å². The smallest absolute Gasteiger partial charge is 0.161 e. The van der Waals surface area contributed by atoms with E-state index in [2.05, 4.69) is 11.6 Å². The molecule has 1 N–H and O–H groups in total. The number of carbonyl (C=O) groups is 1. The maximum Gasteiger partial charge on any atom is 0.161 e. The zero-order valence-corrected chi connectivity index (χ0v) is 9.14. The van der Waals surface area contributed by atoms with Crippen molar-refractivity contribution in [3.63, 3.8) is 0 Å². The van der Waals surface area contributed by atoms with Crippen LogP contribution in [0.15, 0.2) is 0 Å². The maximum absolute atomic E-state index is 11.3. The quantitative estimate of drug-likeness (QED) is 0.732. The largest absolute Gasteiger partial charge is 0.317 e. The number of nitrogens with one attached hydrogen (secondary N) is 1. The van der Waals surface area contributed by atoms with Crippen molar-refractivity contribution in [2.75, 3.05) is 13.1 Å². The monoisotopic (exact) mass is 218 g/mol. The number of sulfone groups is 1. The highest BCUT2D eigenvalue weighted by Crippen LogP contribution is 2.22. The molecular formula is C9H16NO3S. The Morgan fingerprint density at radius 1 is 1.43 bits per heavy atom. The summed E-state index contributed by atoms with van der Waals surface area (Å²) in [6.45, 7) is 2.89. The Morgan fingerprint density at radius 3 is 2.29 bits per heavy atom. The maximum atomic E-state index is 11.3. The third-order valence-electron chi connectivity index (χ3n) is 2.60. The second kappa shape index (κ2) is 4.40. The zero-order chi connectivity index (χ0) is 10.8. The molecule has 1 unspecified atom stereocenters. The van der Waals surface area contributed by atoms with Gasteiger partial charge in [0, 0.05) is 0 Å². The summed E-state index contributed by atoms with van der Waals surface area (Å²) in [5, 5.41) is 2.23. The summed E-state index contributed by atoms with van der Waals surface area (Å²) in [5.74, 6) is -0.344. The average molecular weight is 218 g/mol. The molecule has 0 spiro atoms. The van der Waals surface area contributed by atoms with Gasteiger partial charge in [0.25, 0.3) is 0 Å². The molecule has 1 aliphatic rings. The molecule has 1 radical (unpaired) electrons. The van der Waals surface area contributed by atoms with E-state index < -0.39 is 15.1 Å². The van der Waals surface area contributed by atoms with Crippen molar-refractivity contribution < 1.29 is 13.2 Å². The predicted octanol–water partition coefficient (Wildman–Crippen LogP) is 0.150. The molecule has 4 nitrogen and oxygen atoms in total. The molecule has 0 aromatic heterocycles. The van der Waals surface area contributed by atoms with Gasteiger partial charge >= 0.3 is 0 Å². The van der Waals surface area contributed by atoms with Crippen LogP contribution < -0.4 is 5.32 Å². The second-order valence-corrected chi connectivity index (χ2v) is 5.62. The molecule has 0 saturated carbocycles. The number of rotatable bonds is 3. The number of hydrogen-bond acceptors (Lipinski definition) is 4. The van der Waals surface area contributed by atoms with E-state index in [0.717, 1.165) is 25.9 Å². The fourth-order valence-corrected chi connectivity index (χ4v) is 3.39. The Bertz CT molecular complexity index is 304. The standard InChI is InChI=1S/C9H16NO3S/c1-7(11)9(14(2,12)13)8-3-5-10-6-4-8/h8-10H,2-6H2,1H3. The van der Waals surface area contributed by atoms with E-state index >= 15 is 0 Å². The molecule has 0 aromatic rings. The number of carbonyl (C=O) groups excluding carboxylic acids is 1. The summed E-state index contributed by atoms with van der Waals surface area (Å²) in [7, 11) is -3.49. The summed E-state index contributed by atoms with van der Waals surface area (Å²) in [4.78, 5) is 11.3. The second-order valence-electron chi connectivity index (χ2n) is 3.78. The van der Waals surface area contributed by atoms with Crippen molar-refractivity contribution in [3.05, 3.63) is 6.26 Å². The third kappa shape index (κ3) is 2.78. The molecule has 0 aliphatic carbocycles. The van der Waals surface area contributed by atoms with E-state index in [1.54, 1.807) is 0 Å². The molecule has 1 aliphatic heterocycles. The van der Waals surface area contributed by atoms with Crippen LogP contribution in [0.5, 0.6) is 0 Å². The van der Waals surface area contributed by atoms with E-state index in [4.69, 9.17) is 0 Å². The molecule has 1 atom stereocenters. The van der Waals surface area contributed by atoms with Crippen molar-refractivity contribution in [1.82, 2.24) is 5.32 Å². The van der Waals surface area contributed by atoms with Gasteiger partial charge in [-0.15, -0.1) is 0 Å². The number of hydrogen-bond donors (Lipinski definition) is 1. The van der Waals surface area contributed by atoms with Crippen LogP contribution in [0.3, 0.4) is 0 Å². The molecule has 0 amide bonds. The van der Waals surface area contributed by atoms with Crippen LogP contribution in [-0.4, -0.2) is 32.5 Å². The first-order chi connectivity index (χ1) is 6.43.